The Morgan fingerprint density at radius 2 is 1.65 bits per heavy atom. The predicted molar refractivity (Wildman–Crippen MR) is 79.6 cm³/mol. The second-order valence-corrected chi connectivity index (χ2v) is 8.95. The summed E-state index contributed by atoms with van der Waals surface area (Å²) >= 11 is 1.85. The molecule has 0 radical (unpaired) electrons. The fraction of sp³-hybridized carbons (Fsp3) is 0.875. The largest absolute Gasteiger partial charge is 0.305 e. The van der Waals surface area contributed by atoms with Crippen LogP contribution in [-0.2, 0) is 6.54 Å². The minimum atomic E-state index is 0.458. The first kappa shape index (κ1) is 12.1. The molecule has 6 rings (SSSR count). The van der Waals surface area contributed by atoms with E-state index in [4.69, 9.17) is 0 Å². The van der Waals surface area contributed by atoms with Crippen molar-refractivity contribution in [2.45, 2.75) is 69.4 Å². The van der Waals surface area contributed by atoms with Gasteiger partial charge in [-0.1, -0.05) is 11.3 Å². The van der Waals surface area contributed by atoms with Gasteiger partial charge in [-0.05, 0) is 69.1 Å². The summed E-state index contributed by atoms with van der Waals surface area (Å²) < 4.78 is 0. The van der Waals surface area contributed by atoms with Gasteiger partial charge in [0, 0.05) is 11.5 Å². The summed E-state index contributed by atoms with van der Waals surface area (Å²) in [6, 6.07) is 0. The van der Waals surface area contributed by atoms with Crippen molar-refractivity contribution in [2.24, 2.45) is 17.8 Å². The van der Waals surface area contributed by atoms with E-state index in [1.165, 1.54) is 61.4 Å². The van der Waals surface area contributed by atoms with Gasteiger partial charge in [-0.25, -0.2) is 0 Å². The average molecular weight is 289 g/mol. The number of aromatic nitrogens is 2. The van der Waals surface area contributed by atoms with E-state index < -0.39 is 0 Å². The average Bonchev–Trinajstić information content (AvgIpc) is 3.14. The van der Waals surface area contributed by atoms with Crippen LogP contribution in [0.5, 0.6) is 0 Å². The molecule has 0 aliphatic heterocycles. The molecular weight excluding hydrogens is 266 g/mol. The van der Waals surface area contributed by atoms with Crippen LogP contribution in [0.2, 0.25) is 0 Å². The van der Waals surface area contributed by atoms with Crippen molar-refractivity contribution < 1.29 is 0 Å². The van der Waals surface area contributed by atoms with Crippen molar-refractivity contribution in [3.05, 3.63) is 10.0 Å². The Morgan fingerprint density at radius 1 is 1.00 bits per heavy atom. The molecule has 1 aromatic heterocycles. The molecule has 0 spiro atoms. The van der Waals surface area contributed by atoms with Gasteiger partial charge in [0.05, 0.1) is 6.54 Å². The van der Waals surface area contributed by atoms with Crippen molar-refractivity contribution in [1.82, 2.24) is 15.5 Å². The van der Waals surface area contributed by atoms with Crippen LogP contribution in [0.25, 0.3) is 0 Å². The minimum absolute atomic E-state index is 0.458. The summed E-state index contributed by atoms with van der Waals surface area (Å²) in [6.07, 6.45) is 11.5. The van der Waals surface area contributed by atoms with Crippen molar-refractivity contribution in [2.75, 3.05) is 0 Å². The number of rotatable bonds is 4. The summed E-state index contributed by atoms with van der Waals surface area (Å²) in [5.74, 6) is 3.81. The van der Waals surface area contributed by atoms with Crippen molar-refractivity contribution in [3.8, 4) is 0 Å². The first-order valence-electron chi connectivity index (χ1n) is 8.35. The second-order valence-electron chi connectivity index (χ2n) is 7.86. The van der Waals surface area contributed by atoms with Crippen LogP contribution in [-0.4, -0.2) is 15.7 Å². The molecule has 0 saturated heterocycles. The summed E-state index contributed by atoms with van der Waals surface area (Å²) in [7, 11) is 0. The standard InChI is InChI=1S/C16H23N3S/c1-2-13(1)15-19-18-14(20-15)9-17-16-6-10-3-11(7-16)5-12(4-10)8-16/h10-13,17H,1-9H2. The SMILES string of the molecule is C(NC12CC3CC(CC(C3)C1)C2)c1nnc(C2CC2)s1. The predicted octanol–water partition coefficient (Wildman–Crippen LogP) is 3.47. The molecule has 1 heterocycles. The molecule has 0 amide bonds. The van der Waals surface area contributed by atoms with Gasteiger partial charge >= 0.3 is 0 Å². The molecule has 0 unspecified atom stereocenters. The maximum Gasteiger partial charge on any atom is 0.131 e. The Labute approximate surface area is 124 Å². The Balaban J connectivity index is 1.28. The maximum atomic E-state index is 4.40. The molecule has 20 heavy (non-hydrogen) atoms. The van der Waals surface area contributed by atoms with Crippen LogP contribution in [0.3, 0.4) is 0 Å². The van der Waals surface area contributed by atoms with Gasteiger partial charge in [-0.3, -0.25) is 0 Å². The molecule has 1 aromatic rings. The third-order valence-electron chi connectivity index (χ3n) is 6.06. The van der Waals surface area contributed by atoms with Crippen LogP contribution >= 0.6 is 11.3 Å². The first-order chi connectivity index (χ1) is 9.78. The molecule has 0 atom stereocenters. The van der Waals surface area contributed by atoms with E-state index >= 15 is 0 Å². The van der Waals surface area contributed by atoms with E-state index in [1.807, 2.05) is 11.3 Å². The molecule has 5 fully saturated rings. The number of nitrogens with zero attached hydrogens (tertiary/aromatic N) is 2. The summed E-state index contributed by atoms with van der Waals surface area (Å²) in [4.78, 5) is 0. The van der Waals surface area contributed by atoms with E-state index in [2.05, 4.69) is 15.5 Å². The Bertz CT molecular complexity index is 484. The lowest BCUT2D eigenvalue weighted by Crippen LogP contribution is -2.58. The zero-order chi connectivity index (χ0) is 13.2. The molecule has 108 valence electrons. The van der Waals surface area contributed by atoms with Gasteiger partial charge in [0.15, 0.2) is 0 Å². The molecule has 0 aromatic carbocycles. The quantitative estimate of drug-likeness (QED) is 0.922. The third-order valence-corrected chi connectivity index (χ3v) is 7.15. The summed E-state index contributed by atoms with van der Waals surface area (Å²) in [5.41, 5.74) is 0.458. The van der Waals surface area contributed by atoms with Crippen LogP contribution in [0.1, 0.15) is 67.3 Å². The van der Waals surface area contributed by atoms with Crippen LogP contribution < -0.4 is 5.32 Å². The molecule has 4 heteroatoms. The molecule has 5 saturated carbocycles. The van der Waals surface area contributed by atoms with Gasteiger partial charge in [-0.15, -0.1) is 10.2 Å². The fourth-order valence-corrected chi connectivity index (χ4v) is 6.37. The highest BCUT2D eigenvalue weighted by molar-refractivity contribution is 7.11. The zero-order valence-corrected chi connectivity index (χ0v) is 12.8. The monoisotopic (exact) mass is 289 g/mol. The molecule has 3 nitrogen and oxygen atoms in total. The number of nitrogens with one attached hydrogen (secondary N) is 1. The van der Waals surface area contributed by atoms with E-state index in [-0.39, 0.29) is 0 Å². The van der Waals surface area contributed by atoms with E-state index in [9.17, 15) is 0 Å². The molecule has 5 aliphatic carbocycles. The Kier molecular flexibility index (Phi) is 2.58. The van der Waals surface area contributed by atoms with Crippen molar-refractivity contribution in [3.63, 3.8) is 0 Å². The van der Waals surface area contributed by atoms with Crippen molar-refractivity contribution >= 4 is 11.3 Å². The van der Waals surface area contributed by atoms with Crippen LogP contribution in [0, 0.1) is 17.8 Å². The zero-order valence-electron chi connectivity index (χ0n) is 12.0. The number of hydrogen-bond donors (Lipinski definition) is 1. The highest BCUT2D eigenvalue weighted by Gasteiger charge is 2.50. The number of hydrogen-bond acceptors (Lipinski definition) is 4. The topological polar surface area (TPSA) is 37.8 Å². The van der Waals surface area contributed by atoms with E-state index in [0.717, 1.165) is 30.2 Å². The first-order valence-corrected chi connectivity index (χ1v) is 9.17. The fourth-order valence-electron chi connectivity index (χ4n) is 5.42. The molecular formula is C16H23N3S. The second kappa shape index (κ2) is 4.26. The molecule has 5 aliphatic rings. The van der Waals surface area contributed by atoms with Gasteiger partial charge in [-0.2, -0.15) is 0 Å². The van der Waals surface area contributed by atoms with Gasteiger partial charge in [0.2, 0.25) is 0 Å². The van der Waals surface area contributed by atoms with Crippen LogP contribution in [0.15, 0.2) is 0 Å². The highest BCUT2D eigenvalue weighted by Crippen LogP contribution is 2.55. The Hall–Kier alpha value is -0.480. The lowest BCUT2D eigenvalue weighted by molar-refractivity contribution is -0.0206. The lowest BCUT2D eigenvalue weighted by Gasteiger charge is -2.57. The molecule has 1 N–H and O–H groups in total. The summed E-state index contributed by atoms with van der Waals surface area (Å²) in [5, 5.41) is 15.2. The van der Waals surface area contributed by atoms with Crippen LogP contribution in [0.4, 0.5) is 0 Å². The highest BCUT2D eigenvalue weighted by atomic mass is 32.1. The van der Waals surface area contributed by atoms with Crippen molar-refractivity contribution in [1.29, 1.82) is 0 Å². The van der Waals surface area contributed by atoms with Gasteiger partial charge < -0.3 is 5.32 Å². The van der Waals surface area contributed by atoms with E-state index in [0.29, 0.717) is 5.54 Å². The maximum absolute atomic E-state index is 4.40. The smallest absolute Gasteiger partial charge is 0.131 e. The lowest BCUT2D eigenvalue weighted by atomic mass is 9.53. The minimum Gasteiger partial charge on any atom is -0.305 e. The summed E-state index contributed by atoms with van der Waals surface area (Å²) in [6.45, 7) is 0.955. The normalized spacial score (nSPS) is 42.3. The van der Waals surface area contributed by atoms with Gasteiger partial charge in [0.25, 0.3) is 0 Å². The van der Waals surface area contributed by atoms with Gasteiger partial charge in [0.1, 0.15) is 10.0 Å². The Morgan fingerprint density at radius 3 is 2.25 bits per heavy atom. The molecule has 4 bridgehead atoms. The van der Waals surface area contributed by atoms with E-state index in [1.54, 1.807) is 0 Å². The third kappa shape index (κ3) is 2.03.